The predicted molar refractivity (Wildman–Crippen MR) is 99.3 cm³/mol. The monoisotopic (exact) mass is 343 g/mol. The lowest BCUT2D eigenvalue weighted by Crippen LogP contribution is -2.38. The minimum Gasteiger partial charge on any atom is -0.299 e. The maximum absolute atomic E-state index is 13.5. The van der Waals surface area contributed by atoms with Crippen molar-refractivity contribution in [3.63, 3.8) is 0 Å². The molecule has 25 heavy (non-hydrogen) atoms. The van der Waals surface area contributed by atoms with Crippen LogP contribution in [0.25, 0.3) is 0 Å². The Kier molecular flexibility index (Phi) is 6.19. The third-order valence-electron chi connectivity index (χ3n) is 5.25. The highest BCUT2D eigenvalue weighted by Gasteiger charge is 2.42. The molecule has 1 aliphatic carbocycles. The van der Waals surface area contributed by atoms with Crippen LogP contribution in [0.15, 0.2) is 54.6 Å². The smallest absolute Gasteiger partial charge is 0.138 e. The minimum absolute atomic E-state index is 0.245. The molecule has 1 aliphatic rings. The summed E-state index contributed by atoms with van der Waals surface area (Å²) in [6, 6.07) is 18.6. The Morgan fingerprint density at radius 2 is 1.68 bits per heavy atom. The summed E-state index contributed by atoms with van der Waals surface area (Å²) in [6.07, 6.45) is -0.148. The topological polar surface area (TPSA) is 3.24 Å². The van der Waals surface area contributed by atoms with Crippen molar-refractivity contribution in [1.29, 1.82) is 0 Å². The Morgan fingerprint density at radius 3 is 2.28 bits per heavy atom. The van der Waals surface area contributed by atoms with Gasteiger partial charge in [-0.3, -0.25) is 4.90 Å². The number of rotatable bonds is 8. The molecule has 2 aromatic carbocycles. The van der Waals surface area contributed by atoms with Crippen LogP contribution in [0, 0.1) is 0 Å². The third-order valence-corrected chi connectivity index (χ3v) is 5.25. The molecule has 0 bridgehead atoms. The zero-order chi connectivity index (χ0) is 17.6. The van der Waals surface area contributed by atoms with Crippen LogP contribution in [-0.2, 0) is 13.0 Å². The van der Waals surface area contributed by atoms with E-state index in [0.717, 1.165) is 38.0 Å². The van der Waals surface area contributed by atoms with Crippen molar-refractivity contribution in [2.75, 3.05) is 13.1 Å². The molecule has 134 valence electrons. The van der Waals surface area contributed by atoms with Gasteiger partial charge in [0, 0.05) is 12.5 Å². The van der Waals surface area contributed by atoms with Gasteiger partial charge in [-0.15, -0.1) is 0 Å². The number of nitrogens with zero attached hydrogens (tertiary/aromatic N) is 1. The molecule has 3 atom stereocenters. The first kappa shape index (κ1) is 18.1. The first-order valence-electron chi connectivity index (χ1n) is 9.30. The summed E-state index contributed by atoms with van der Waals surface area (Å²) in [6.45, 7) is 5.28. The first-order valence-corrected chi connectivity index (χ1v) is 9.30. The van der Waals surface area contributed by atoms with Gasteiger partial charge in [0.05, 0.1) is 0 Å². The molecule has 0 N–H and O–H groups in total. The lowest BCUT2D eigenvalue weighted by Gasteiger charge is -2.34. The second kappa shape index (κ2) is 8.57. The van der Waals surface area contributed by atoms with Crippen LogP contribution < -0.4 is 0 Å². The van der Waals surface area contributed by atoms with Crippen molar-refractivity contribution < 1.29 is 8.78 Å². The predicted octanol–water partition coefficient (Wildman–Crippen LogP) is 5.30. The second-order valence-corrected chi connectivity index (χ2v) is 7.00. The molecule has 0 spiro atoms. The zero-order valence-corrected chi connectivity index (χ0v) is 14.9. The largest absolute Gasteiger partial charge is 0.299 e. The lowest BCUT2D eigenvalue weighted by atomic mass is 9.76. The van der Waals surface area contributed by atoms with Crippen molar-refractivity contribution in [2.45, 2.75) is 51.0 Å². The number of hydrogen-bond acceptors (Lipinski definition) is 1. The number of aryl methyl sites for hydroxylation is 1. The summed E-state index contributed by atoms with van der Waals surface area (Å²) in [5.74, 6) is -0.245. The van der Waals surface area contributed by atoms with Gasteiger partial charge < -0.3 is 0 Å². The fraction of sp³-hybridized carbons (Fsp3) is 0.455. The van der Waals surface area contributed by atoms with Crippen molar-refractivity contribution in [2.24, 2.45) is 0 Å². The number of alkyl halides is 2. The Hall–Kier alpha value is -1.74. The van der Waals surface area contributed by atoms with E-state index in [1.165, 1.54) is 11.1 Å². The van der Waals surface area contributed by atoms with Crippen LogP contribution in [-0.4, -0.2) is 30.3 Å². The molecule has 0 amide bonds. The van der Waals surface area contributed by atoms with Crippen molar-refractivity contribution in [3.05, 3.63) is 71.3 Å². The Morgan fingerprint density at radius 1 is 0.960 bits per heavy atom. The molecule has 0 radical (unpaired) electrons. The summed E-state index contributed by atoms with van der Waals surface area (Å²) < 4.78 is 26.5. The Labute approximate surface area is 149 Å². The summed E-state index contributed by atoms with van der Waals surface area (Å²) >= 11 is 0. The minimum atomic E-state index is -1.32. The summed E-state index contributed by atoms with van der Waals surface area (Å²) in [4.78, 5) is 2.45. The van der Waals surface area contributed by atoms with Gasteiger partial charge in [0.25, 0.3) is 0 Å². The molecule has 1 saturated carbocycles. The lowest BCUT2D eigenvalue weighted by molar-refractivity contribution is 0.0428. The molecular formula is C22H27F2N. The van der Waals surface area contributed by atoms with E-state index in [9.17, 15) is 8.78 Å². The van der Waals surface area contributed by atoms with Gasteiger partial charge in [0.15, 0.2) is 0 Å². The molecule has 0 aliphatic heterocycles. The molecule has 3 heteroatoms. The van der Waals surface area contributed by atoms with Crippen molar-refractivity contribution in [1.82, 2.24) is 4.90 Å². The summed E-state index contributed by atoms with van der Waals surface area (Å²) in [5, 5.41) is 0. The van der Waals surface area contributed by atoms with Gasteiger partial charge in [0.2, 0.25) is 0 Å². The summed E-state index contributed by atoms with van der Waals surface area (Å²) in [5.41, 5.74) is 3.55. The summed E-state index contributed by atoms with van der Waals surface area (Å²) in [7, 11) is 0. The number of halogens is 2. The average molecular weight is 343 g/mol. The van der Waals surface area contributed by atoms with Gasteiger partial charge >= 0.3 is 0 Å². The molecule has 0 aromatic heterocycles. The van der Waals surface area contributed by atoms with E-state index in [0.29, 0.717) is 6.42 Å². The number of hydrogen-bond donors (Lipinski definition) is 0. The number of benzene rings is 2. The van der Waals surface area contributed by atoms with Crippen LogP contribution >= 0.6 is 0 Å². The van der Waals surface area contributed by atoms with Gasteiger partial charge in [0.1, 0.15) is 12.3 Å². The molecule has 0 heterocycles. The van der Waals surface area contributed by atoms with E-state index in [4.69, 9.17) is 0 Å². The molecule has 1 fully saturated rings. The van der Waals surface area contributed by atoms with Crippen LogP contribution in [0.4, 0.5) is 8.78 Å². The maximum Gasteiger partial charge on any atom is 0.138 e. The normalized spacial score (nSPS) is 22.8. The van der Waals surface area contributed by atoms with Crippen LogP contribution in [0.2, 0.25) is 0 Å². The zero-order valence-electron chi connectivity index (χ0n) is 14.9. The first-order chi connectivity index (χ1) is 12.2. The Bertz CT molecular complexity index is 641. The van der Waals surface area contributed by atoms with Crippen molar-refractivity contribution >= 4 is 0 Å². The maximum atomic E-state index is 13.5. The van der Waals surface area contributed by atoms with Crippen molar-refractivity contribution in [3.8, 4) is 0 Å². The Balaban J connectivity index is 1.45. The highest BCUT2D eigenvalue weighted by atomic mass is 19.2. The van der Waals surface area contributed by atoms with Crippen LogP contribution in [0.5, 0.6) is 0 Å². The van der Waals surface area contributed by atoms with E-state index in [-0.39, 0.29) is 5.92 Å². The second-order valence-electron chi connectivity index (χ2n) is 7.00. The van der Waals surface area contributed by atoms with Crippen LogP contribution in [0.3, 0.4) is 0 Å². The molecular weight excluding hydrogens is 316 g/mol. The fourth-order valence-corrected chi connectivity index (χ4v) is 3.51. The van der Waals surface area contributed by atoms with Gasteiger partial charge in [-0.1, -0.05) is 61.5 Å². The SMILES string of the molecule is CCN(CCCc1ccc(C2CC(F)C2F)cc1)Cc1ccccc1. The van der Waals surface area contributed by atoms with E-state index >= 15 is 0 Å². The fourth-order valence-electron chi connectivity index (χ4n) is 3.51. The third kappa shape index (κ3) is 4.66. The van der Waals surface area contributed by atoms with E-state index < -0.39 is 12.3 Å². The quantitative estimate of drug-likeness (QED) is 0.628. The van der Waals surface area contributed by atoms with E-state index in [1.54, 1.807) is 0 Å². The highest BCUT2D eigenvalue weighted by molar-refractivity contribution is 5.29. The molecule has 2 aromatic rings. The van der Waals surface area contributed by atoms with E-state index in [1.807, 2.05) is 18.2 Å². The van der Waals surface area contributed by atoms with Gasteiger partial charge in [-0.2, -0.15) is 0 Å². The van der Waals surface area contributed by atoms with Crippen LogP contribution in [0.1, 0.15) is 42.4 Å². The molecule has 3 rings (SSSR count). The molecule has 0 saturated heterocycles. The molecule has 3 unspecified atom stereocenters. The van der Waals surface area contributed by atoms with E-state index in [2.05, 4.69) is 48.2 Å². The van der Waals surface area contributed by atoms with Gasteiger partial charge in [-0.05, 0) is 49.0 Å². The average Bonchev–Trinajstić information content (AvgIpc) is 2.66. The standard InChI is InChI=1S/C22H27F2N/c1-2-25(16-18-7-4-3-5-8-18)14-6-9-17-10-12-19(13-11-17)20-15-21(23)22(20)24/h3-5,7-8,10-13,20-22H,2,6,9,14-16H2,1H3. The highest BCUT2D eigenvalue weighted by Crippen LogP contribution is 2.41. The van der Waals surface area contributed by atoms with Gasteiger partial charge in [-0.25, -0.2) is 8.78 Å². The molecule has 1 nitrogen and oxygen atoms in total.